The highest BCUT2D eigenvalue weighted by Crippen LogP contribution is 2.64. The van der Waals surface area contributed by atoms with Crippen LogP contribution in [0.1, 0.15) is 93.1 Å². The van der Waals surface area contributed by atoms with Crippen molar-refractivity contribution in [3.8, 4) is 0 Å². The van der Waals surface area contributed by atoms with Gasteiger partial charge in [-0.2, -0.15) is 0 Å². The molecule has 1 unspecified atom stereocenters. The number of nitrogens with one attached hydrogen (secondary N) is 1. The second kappa shape index (κ2) is 18.8. The summed E-state index contributed by atoms with van der Waals surface area (Å²) < 4.78 is 36.5. The van der Waals surface area contributed by atoms with Crippen LogP contribution in [-0.2, 0) is 52.4 Å². The molecule has 5 N–H and O–H groups in total. The largest absolute Gasteiger partial charge is 0.455 e. The summed E-state index contributed by atoms with van der Waals surface area (Å²) in [4.78, 5) is 98.3. The quantitative estimate of drug-likeness (QED) is 0.108. The van der Waals surface area contributed by atoms with Gasteiger partial charge < -0.3 is 49.7 Å². The van der Waals surface area contributed by atoms with E-state index in [-0.39, 0.29) is 48.3 Å². The zero-order chi connectivity index (χ0) is 48.6. The Bertz CT molecular complexity index is 2440. The molecule has 1 heterocycles. The van der Waals surface area contributed by atoms with Gasteiger partial charge in [-0.05, 0) is 54.8 Å². The molecule has 0 spiro atoms. The van der Waals surface area contributed by atoms with Gasteiger partial charge in [0.05, 0.1) is 36.0 Å². The number of hydrogen-bond donors (Lipinski definition) is 4. The van der Waals surface area contributed by atoms with Crippen molar-refractivity contribution >= 4 is 41.5 Å². The molecular weight excluding hydrogens is 869 g/mol. The van der Waals surface area contributed by atoms with Crippen molar-refractivity contribution in [2.75, 3.05) is 13.2 Å². The molecule has 3 aromatic rings. The summed E-state index contributed by atoms with van der Waals surface area (Å²) in [5.41, 5.74) is -1.62. The van der Waals surface area contributed by atoms with Crippen LogP contribution in [0.2, 0.25) is 0 Å². The zero-order valence-electron chi connectivity index (χ0n) is 38.1. The van der Waals surface area contributed by atoms with Gasteiger partial charge in [0.1, 0.15) is 30.0 Å². The van der Waals surface area contributed by atoms with Gasteiger partial charge in [-0.3, -0.25) is 24.0 Å². The number of carbonyl (C=O) groups excluding carboxylic acids is 7. The maximum Gasteiger partial charge on any atom is 0.350 e. The minimum Gasteiger partial charge on any atom is -0.455 e. The molecule has 2 saturated carbocycles. The van der Waals surface area contributed by atoms with E-state index in [2.05, 4.69) is 5.32 Å². The zero-order valence-corrected chi connectivity index (χ0v) is 38.1. The molecule has 4 aliphatic rings. The maximum absolute atomic E-state index is 15.6. The first kappa shape index (κ1) is 48.7. The Labute approximate surface area is 387 Å². The van der Waals surface area contributed by atoms with Crippen molar-refractivity contribution in [2.45, 2.75) is 115 Å². The number of hydrogen-bond acceptors (Lipinski definition) is 16. The number of esters is 5. The fourth-order valence-corrected chi connectivity index (χ4v) is 10.6. The van der Waals surface area contributed by atoms with E-state index in [0.29, 0.717) is 5.56 Å². The van der Waals surface area contributed by atoms with E-state index < -0.39 is 119 Å². The van der Waals surface area contributed by atoms with Crippen molar-refractivity contribution in [1.82, 2.24) is 5.32 Å². The number of rotatable bonds is 13. The van der Waals surface area contributed by atoms with Gasteiger partial charge >= 0.3 is 29.8 Å². The topological polar surface area (TPSA) is 253 Å². The molecule has 356 valence electrons. The first-order chi connectivity index (χ1) is 31.7. The van der Waals surface area contributed by atoms with Gasteiger partial charge in [0, 0.05) is 44.2 Å². The molecule has 3 aromatic carbocycles. The number of ether oxygens (including phenoxy) is 6. The van der Waals surface area contributed by atoms with Crippen LogP contribution in [0.15, 0.2) is 102 Å². The minimum absolute atomic E-state index is 0.0333. The summed E-state index contributed by atoms with van der Waals surface area (Å²) >= 11 is 0. The number of carbonyl (C=O) groups is 7. The van der Waals surface area contributed by atoms with Crippen molar-refractivity contribution in [3.63, 3.8) is 0 Å². The molecule has 0 aromatic heterocycles. The van der Waals surface area contributed by atoms with Crippen LogP contribution in [0.3, 0.4) is 0 Å². The van der Waals surface area contributed by atoms with Gasteiger partial charge in [-0.15, -0.1) is 0 Å². The molecule has 1 aliphatic heterocycles. The molecule has 1 saturated heterocycles. The Morgan fingerprint density at radius 3 is 2.00 bits per heavy atom. The van der Waals surface area contributed by atoms with Gasteiger partial charge in [-0.1, -0.05) is 80.6 Å². The van der Waals surface area contributed by atoms with Gasteiger partial charge in [0.15, 0.2) is 17.5 Å². The lowest BCUT2D eigenvalue weighted by Crippen LogP contribution is -2.82. The van der Waals surface area contributed by atoms with Gasteiger partial charge in [0.2, 0.25) is 6.10 Å². The maximum atomic E-state index is 15.6. The molecule has 11 atom stereocenters. The summed E-state index contributed by atoms with van der Waals surface area (Å²) in [7, 11) is 0. The third-order valence-corrected chi connectivity index (χ3v) is 14.1. The third kappa shape index (κ3) is 8.65. The third-order valence-electron chi connectivity index (χ3n) is 14.1. The first-order valence-corrected chi connectivity index (χ1v) is 22.1. The Kier molecular flexibility index (Phi) is 13.6. The highest BCUT2D eigenvalue weighted by atomic mass is 16.6. The summed E-state index contributed by atoms with van der Waals surface area (Å²) in [5, 5.41) is 28.8. The number of ketones is 1. The van der Waals surface area contributed by atoms with Crippen LogP contribution < -0.4 is 11.1 Å². The van der Waals surface area contributed by atoms with E-state index in [9.17, 15) is 34.2 Å². The van der Waals surface area contributed by atoms with E-state index in [4.69, 9.17) is 34.2 Å². The average Bonchev–Trinajstić information content (AvgIpc) is 3.29. The summed E-state index contributed by atoms with van der Waals surface area (Å²) in [6.45, 7) is 7.74. The van der Waals surface area contributed by atoms with E-state index >= 15 is 9.59 Å². The Morgan fingerprint density at radius 1 is 0.851 bits per heavy atom. The molecule has 3 fully saturated rings. The van der Waals surface area contributed by atoms with E-state index in [1.807, 2.05) is 0 Å². The highest BCUT2D eigenvalue weighted by Gasteiger charge is 2.78. The van der Waals surface area contributed by atoms with Crippen LogP contribution in [0.4, 0.5) is 0 Å². The average molecular weight is 925 g/mol. The molecule has 67 heavy (non-hydrogen) atoms. The van der Waals surface area contributed by atoms with Crippen LogP contribution in [0.25, 0.3) is 0 Å². The number of Topliss-reactive ketones (excluding diaryl/α,β-unsaturated/α-hetero) is 1. The second-order valence-corrected chi connectivity index (χ2v) is 18.4. The monoisotopic (exact) mass is 924 g/mol. The van der Waals surface area contributed by atoms with Gasteiger partial charge in [0.25, 0.3) is 5.91 Å². The molecule has 3 aliphatic carbocycles. The van der Waals surface area contributed by atoms with Crippen LogP contribution in [0, 0.1) is 16.7 Å². The highest BCUT2D eigenvalue weighted by molar-refractivity contribution is 5.96. The molecule has 2 bridgehead atoms. The number of amides is 1. The van der Waals surface area contributed by atoms with Crippen molar-refractivity contribution in [3.05, 3.63) is 119 Å². The lowest BCUT2D eigenvalue weighted by molar-refractivity contribution is -0.346. The molecular formula is C50H56N2O15. The second-order valence-electron chi connectivity index (χ2n) is 18.4. The number of aliphatic hydroxyl groups excluding tert-OH is 1. The fraction of sp³-hybridized carbons (Fsp3) is 0.460. The Hall–Kier alpha value is -6.27. The van der Waals surface area contributed by atoms with Gasteiger partial charge in [-0.25, -0.2) is 9.59 Å². The normalized spacial score (nSPS) is 30.3. The Balaban J connectivity index is 1.42. The Morgan fingerprint density at radius 2 is 1.45 bits per heavy atom. The summed E-state index contributed by atoms with van der Waals surface area (Å²) in [5.74, 6) is -7.87. The van der Waals surface area contributed by atoms with E-state index in [0.717, 1.165) is 13.8 Å². The predicted octanol–water partition coefficient (Wildman–Crippen LogP) is 3.64. The fourth-order valence-electron chi connectivity index (χ4n) is 10.6. The first-order valence-electron chi connectivity index (χ1n) is 22.1. The van der Waals surface area contributed by atoms with E-state index in [1.54, 1.807) is 92.7 Å². The van der Waals surface area contributed by atoms with E-state index in [1.165, 1.54) is 26.0 Å². The number of nitrogens with two attached hydrogens (primary N) is 1. The number of aliphatic hydroxyl groups is 2. The molecule has 17 heteroatoms. The number of fused-ring (bicyclic) bond motifs is 5. The lowest BCUT2D eigenvalue weighted by Gasteiger charge is -2.67. The standard InChI is InChI=1S/C50H56N2O15/c1-27-33(64-46(60)40(65-36(56)22-23-51)38(30-16-10-7-11-17-30)52-44(58)31-18-12-8-13-19-31)25-50(61)43(66-45(59)32-20-14-9-15-21-32)41-48(6,34(55)24-35-49(41,26-62-35)67-29(3)54)42(57)39(63-28(2)53)37(27)47(50,4)5/h7-21,33-35,38-41,43,55,61H,22-26,51H2,1-6H3,(H,52,58)/t33-,34-,35+,38-,39+,40+,41?,43-,48+,49-,50+/m0/s1. The minimum atomic E-state index is -2.45. The summed E-state index contributed by atoms with van der Waals surface area (Å²) in [6, 6.07) is 22.8. The smallest absolute Gasteiger partial charge is 0.350 e. The molecule has 17 nitrogen and oxygen atoms in total. The molecule has 0 radical (unpaired) electrons. The van der Waals surface area contributed by atoms with Crippen LogP contribution >= 0.6 is 0 Å². The number of benzene rings is 3. The summed E-state index contributed by atoms with van der Waals surface area (Å²) in [6.07, 6.45) is -11.0. The SMILES string of the molecule is CC(=O)O[C@H]1C(=O)[C@@]2(C)C([C@H](OC(=O)c3ccccc3)[C@]3(O)C[C@H](OC(=O)[C@H](OC(=O)CCN)[C@@H](NC(=O)c4ccccc4)c4ccccc4)C(C)=C1C3(C)C)[C@]1(OC(C)=O)CO[C@@H]1C[C@@H]2O. The lowest BCUT2D eigenvalue weighted by atomic mass is 9.44. The van der Waals surface area contributed by atoms with Crippen molar-refractivity contribution < 1.29 is 72.2 Å². The van der Waals surface area contributed by atoms with Crippen molar-refractivity contribution in [2.24, 2.45) is 22.5 Å². The van der Waals surface area contributed by atoms with Crippen LogP contribution in [-0.4, -0.2) is 113 Å². The molecule has 1 amide bonds. The van der Waals surface area contributed by atoms with Crippen molar-refractivity contribution in [1.29, 1.82) is 0 Å². The van der Waals surface area contributed by atoms with Crippen LogP contribution in [0.5, 0.6) is 0 Å². The molecule has 7 rings (SSSR count). The predicted molar refractivity (Wildman–Crippen MR) is 235 cm³/mol.